The first-order valence-electron chi connectivity index (χ1n) is 3.62. The van der Waals surface area contributed by atoms with Gasteiger partial charge in [0.15, 0.2) is 0 Å². The summed E-state index contributed by atoms with van der Waals surface area (Å²) in [6.45, 7) is 1.23. The van der Waals surface area contributed by atoms with Crippen molar-refractivity contribution in [1.82, 2.24) is 14.9 Å². The molecular formula is C7H11N3O. The van der Waals surface area contributed by atoms with E-state index in [-0.39, 0.29) is 0 Å². The molecule has 1 fully saturated rings. The number of aromatic nitrogens is 2. The minimum atomic E-state index is -0.707. The van der Waals surface area contributed by atoms with Gasteiger partial charge in [-0.1, -0.05) is 0 Å². The minimum Gasteiger partial charge on any atom is -0.381 e. The van der Waals surface area contributed by atoms with Crippen LogP contribution in [0.2, 0.25) is 0 Å². The predicted octanol–water partition coefficient (Wildman–Crippen LogP) is -0.789. The van der Waals surface area contributed by atoms with Gasteiger partial charge in [-0.05, 0) is 0 Å². The monoisotopic (exact) mass is 153 g/mol. The highest BCUT2D eigenvalue weighted by atomic mass is 16.3. The molecule has 0 atom stereocenters. The van der Waals surface area contributed by atoms with E-state index >= 15 is 0 Å². The van der Waals surface area contributed by atoms with E-state index in [9.17, 15) is 5.11 Å². The maximum absolute atomic E-state index is 9.76. The summed E-state index contributed by atoms with van der Waals surface area (Å²) in [5.41, 5.74) is 0.0556. The lowest BCUT2D eigenvalue weighted by molar-refractivity contribution is -0.0183. The number of nitrogens with one attached hydrogen (secondary N) is 1. The van der Waals surface area contributed by atoms with E-state index in [4.69, 9.17) is 0 Å². The molecular weight excluding hydrogens is 142 g/mol. The zero-order valence-corrected chi connectivity index (χ0v) is 6.41. The van der Waals surface area contributed by atoms with Gasteiger partial charge in [-0.15, -0.1) is 0 Å². The van der Waals surface area contributed by atoms with Crippen LogP contribution in [-0.4, -0.2) is 27.7 Å². The van der Waals surface area contributed by atoms with Crippen molar-refractivity contribution in [2.24, 2.45) is 7.05 Å². The zero-order chi connectivity index (χ0) is 7.90. The van der Waals surface area contributed by atoms with Crippen molar-refractivity contribution < 1.29 is 5.11 Å². The lowest BCUT2D eigenvalue weighted by atomic mass is 9.94. The van der Waals surface area contributed by atoms with Gasteiger partial charge in [0.2, 0.25) is 0 Å². The summed E-state index contributed by atoms with van der Waals surface area (Å²) in [5, 5.41) is 12.8. The van der Waals surface area contributed by atoms with E-state index in [1.54, 1.807) is 6.33 Å². The molecule has 2 heterocycles. The fraction of sp³-hybridized carbons (Fsp3) is 0.571. The number of hydrogen-bond acceptors (Lipinski definition) is 3. The summed E-state index contributed by atoms with van der Waals surface area (Å²) in [5.74, 6) is 0. The van der Waals surface area contributed by atoms with Crippen LogP contribution in [-0.2, 0) is 12.6 Å². The number of hydrogen-bond donors (Lipinski definition) is 2. The molecule has 0 amide bonds. The molecule has 0 saturated carbocycles. The van der Waals surface area contributed by atoms with Gasteiger partial charge in [-0.2, -0.15) is 0 Å². The topological polar surface area (TPSA) is 50.1 Å². The van der Waals surface area contributed by atoms with Gasteiger partial charge in [-0.25, -0.2) is 4.98 Å². The van der Waals surface area contributed by atoms with Crippen LogP contribution >= 0.6 is 0 Å². The van der Waals surface area contributed by atoms with Crippen molar-refractivity contribution in [2.45, 2.75) is 5.60 Å². The molecule has 1 saturated heterocycles. The Bertz CT molecular complexity index is 264. The van der Waals surface area contributed by atoms with Crippen LogP contribution in [0.5, 0.6) is 0 Å². The Balaban J connectivity index is 2.28. The third kappa shape index (κ3) is 0.948. The maximum atomic E-state index is 9.76. The number of aryl methyl sites for hydroxylation is 1. The van der Waals surface area contributed by atoms with Crippen molar-refractivity contribution >= 4 is 0 Å². The molecule has 1 aliphatic rings. The summed E-state index contributed by atoms with van der Waals surface area (Å²) in [4.78, 5) is 4.08. The van der Waals surface area contributed by atoms with Crippen molar-refractivity contribution in [1.29, 1.82) is 0 Å². The van der Waals surface area contributed by atoms with Gasteiger partial charge in [0, 0.05) is 26.3 Å². The van der Waals surface area contributed by atoms with Crippen LogP contribution in [0.3, 0.4) is 0 Å². The number of imidazole rings is 1. The summed E-state index contributed by atoms with van der Waals surface area (Å²) in [6, 6.07) is 0. The largest absolute Gasteiger partial charge is 0.381 e. The first kappa shape index (κ1) is 6.82. The summed E-state index contributed by atoms with van der Waals surface area (Å²) < 4.78 is 1.84. The Kier molecular flexibility index (Phi) is 1.27. The smallest absolute Gasteiger partial charge is 0.133 e. The molecule has 0 bridgehead atoms. The average Bonchev–Trinajstić information content (AvgIpc) is 2.31. The van der Waals surface area contributed by atoms with E-state index in [1.807, 2.05) is 17.8 Å². The van der Waals surface area contributed by atoms with Gasteiger partial charge in [0.05, 0.1) is 12.0 Å². The maximum Gasteiger partial charge on any atom is 0.133 e. The van der Waals surface area contributed by atoms with Crippen LogP contribution in [0, 0.1) is 0 Å². The van der Waals surface area contributed by atoms with Crippen LogP contribution in [0.4, 0.5) is 0 Å². The molecule has 2 N–H and O–H groups in total. The lowest BCUT2D eigenvalue weighted by Crippen LogP contribution is -2.56. The molecule has 1 aliphatic heterocycles. The van der Waals surface area contributed by atoms with Gasteiger partial charge in [-0.3, -0.25) is 0 Å². The molecule has 11 heavy (non-hydrogen) atoms. The molecule has 4 nitrogen and oxygen atoms in total. The molecule has 1 aromatic heterocycles. The van der Waals surface area contributed by atoms with E-state index in [0.717, 1.165) is 5.69 Å². The third-order valence-electron chi connectivity index (χ3n) is 2.02. The lowest BCUT2D eigenvalue weighted by Gasteiger charge is -2.35. The summed E-state index contributed by atoms with van der Waals surface area (Å²) in [7, 11) is 1.89. The van der Waals surface area contributed by atoms with Gasteiger partial charge < -0.3 is 15.0 Å². The molecule has 0 radical (unpaired) electrons. The Morgan fingerprint density at radius 1 is 1.73 bits per heavy atom. The van der Waals surface area contributed by atoms with E-state index in [1.165, 1.54) is 0 Å². The SMILES string of the molecule is Cn1cnc(C2(O)CNC2)c1. The molecule has 0 aromatic carbocycles. The van der Waals surface area contributed by atoms with Gasteiger partial charge >= 0.3 is 0 Å². The normalized spacial score (nSPS) is 21.3. The van der Waals surface area contributed by atoms with E-state index in [0.29, 0.717) is 13.1 Å². The van der Waals surface area contributed by atoms with Gasteiger partial charge in [0.25, 0.3) is 0 Å². The van der Waals surface area contributed by atoms with Crippen molar-refractivity contribution in [3.05, 3.63) is 18.2 Å². The van der Waals surface area contributed by atoms with Crippen molar-refractivity contribution in [2.75, 3.05) is 13.1 Å². The second-order valence-electron chi connectivity index (χ2n) is 3.06. The molecule has 0 unspecified atom stereocenters. The second kappa shape index (κ2) is 2.06. The Morgan fingerprint density at radius 3 is 2.82 bits per heavy atom. The number of aliphatic hydroxyl groups is 1. The first-order chi connectivity index (χ1) is 5.21. The van der Waals surface area contributed by atoms with Crippen LogP contribution in [0.25, 0.3) is 0 Å². The number of β-amino-alcohol motifs (C(OH)–C–C–N with tert-alkyl or cyclic N) is 1. The molecule has 0 aliphatic carbocycles. The quantitative estimate of drug-likeness (QED) is 0.556. The minimum absolute atomic E-state index is 0.615. The van der Waals surface area contributed by atoms with Crippen LogP contribution in [0.15, 0.2) is 12.5 Å². The Hall–Kier alpha value is -0.870. The standard InChI is InChI=1S/C7H11N3O/c1-10-2-6(9-5-10)7(11)3-8-4-7/h2,5,8,11H,3-4H2,1H3. The van der Waals surface area contributed by atoms with Crippen LogP contribution < -0.4 is 5.32 Å². The first-order valence-corrected chi connectivity index (χ1v) is 3.62. The molecule has 0 spiro atoms. The zero-order valence-electron chi connectivity index (χ0n) is 6.41. The fourth-order valence-corrected chi connectivity index (χ4v) is 1.20. The van der Waals surface area contributed by atoms with Gasteiger partial charge in [0.1, 0.15) is 5.60 Å². The highest BCUT2D eigenvalue weighted by Gasteiger charge is 2.37. The van der Waals surface area contributed by atoms with E-state index < -0.39 is 5.60 Å². The second-order valence-corrected chi connectivity index (χ2v) is 3.06. The highest BCUT2D eigenvalue weighted by molar-refractivity contribution is 5.14. The van der Waals surface area contributed by atoms with Crippen LogP contribution in [0.1, 0.15) is 5.69 Å². The van der Waals surface area contributed by atoms with Crippen molar-refractivity contribution in [3.63, 3.8) is 0 Å². The summed E-state index contributed by atoms with van der Waals surface area (Å²) in [6.07, 6.45) is 3.55. The Morgan fingerprint density at radius 2 is 2.45 bits per heavy atom. The fourth-order valence-electron chi connectivity index (χ4n) is 1.20. The molecule has 60 valence electrons. The van der Waals surface area contributed by atoms with Crippen molar-refractivity contribution in [3.8, 4) is 0 Å². The highest BCUT2D eigenvalue weighted by Crippen LogP contribution is 2.22. The number of rotatable bonds is 1. The number of nitrogens with zero attached hydrogens (tertiary/aromatic N) is 2. The molecule has 4 heteroatoms. The predicted molar refractivity (Wildman–Crippen MR) is 40.0 cm³/mol. The van der Waals surface area contributed by atoms with E-state index in [2.05, 4.69) is 10.3 Å². The summed E-state index contributed by atoms with van der Waals surface area (Å²) >= 11 is 0. The third-order valence-corrected chi connectivity index (χ3v) is 2.02. The Labute approximate surface area is 64.9 Å². The molecule has 1 aromatic rings. The molecule has 2 rings (SSSR count). The average molecular weight is 153 g/mol.